The summed E-state index contributed by atoms with van der Waals surface area (Å²) in [5.74, 6) is -0.856. The number of aryl methyl sites for hydroxylation is 1. The number of rotatable bonds is 2. The lowest BCUT2D eigenvalue weighted by atomic mass is 10.2. The number of ether oxygens (including phenoxy) is 1. The van der Waals surface area contributed by atoms with Crippen molar-refractivity contribution in [3.63, 3.8) is 0 Å². The Hall–Kier alpha value is -3.15. The van der Waals surface area contributed by atoms with Crippen molar-refractivity contribution in [2.75, 3.05) is 0 Å². The minimum Gasteiger partial charge on any atom is -0.437 e. The van der Waals surface area contributed by atoms with E-state index in [-0.39, 0.29) is 11.5 Å². The van der Waals surface area contributed by atoms with Crippen LogP contribution in [0.25, 0.3) is 5.65 Å². The van der Waals surface area contributed by atoms with E-state index in [1.807, 2.05) is 6.07 Å². The highest BCUT2D eigenvalue weighted by Crippen LogP contribution is 2.31. The van der Waals surface area contributed by atoms with Crippen LogP contribution in [0.15, 0.2) is 24.3 Å². The van der Waals surface area contributed by atoms with E-state index in [1.165, 1.54) is 24.3 Å². The van der Waals surface area contributed by atoms with E-state index in [0.717, 1.165) is 0 Å². The quantitative estimate of drug-likeness (QED) is 0.718. The molecule has 3 aromatic rings. The number of nitriles is 1. The standard InChI is InChI=1S/C15H10F3N5O/c1-8-9(2)13(24-11-5-3-10(7-19)4-6-11)22-23-12(8)20-21-14(23)15(16,17)18/h3-6H,1-2H3. The molecule has 6 nitrogen and oxygen atoms in total. The van der Waals surface area contributed by atoms with Crippen molar-refractivity contribution in [1.82, 2.24) is 19.8 Å². The number of halogens is 3. The van der Waals surface area contributed by atoms with Gasteiger partial charge in [0.1, 0.15) is 5.75 Å². The highest BCUT2D eigenvalue weighted by atomic mass is 19.4. The highest BCUT2D eigenvalue weighted by Gasteiger charge is 2.38. The summed E-state index contributed by atoms with van der Waals surface area (Å²) >= 11 is 0. The zero-order valence-corrected chi connectivity index (χ0v) is 12.6. The van der Waals surface area contributed by atoms with Crippen LogP contribution in [0.5, 0.6) is 11.6 Å². The Morgan fingerprint density at radius 3 is 2.33 bits per heavy atom. The van der Waals surface area contributed by atoms with E-state index in [2.05, 4.69) is 15.3 Å². The zero-order chi connectivity index (χ0) is 17.5. The number of alkyl halides is 3. The van der Waals surface area contributed by atoms with E-state index in [1.54, 1.807) is 13.8 Å². The molecule has 0 bridgehead atoms. The number of hydrogen-bond acceptors (Lipinski definition) is 5. The number of benzene rings is 1. The van der Waals surface area contributed by atoms with Gasteiger partial charge in [0.15, 0.2) is 5.65 Å². The molecule has 122 valence electrons. The first-order valence-electron chi connectivity index (χ1n) is 6.79. The van der Waals surface area contributed by atoms with Crippen LogP contribution in [0.2, 0.25) is 0 Å². The van der Waals surface area contributed by atoms with Gasteiger partial charge in [0.05, 0.1) is 11.6 Å². The molecule has 0 aliphatic heterocycles. The van der Waals surface area contributed by atoms with E-state index in [4.69, 9.17) is 10.00 Å². The van der Waals surface area contributed by atoms with Crippen molar-refractivity contribution in [2.24, 2.45) is 0 Å². The van der Waals surface area contributed by atoms with Crippen molar-refractivity contribution in [3.05, 3.63) is 46.8 Å². The van der Waals surface area contributed by atoms with E-state index in [9.17, 15) is 13.2 Å². The summed E-state index contributed by atoms with van der Waals surface area (Å²) in [5.41, 5.74) is 1.49. The summed E-state index contributed by atoms with van der Waals surface area (Å²) in [6, 6.07) is 8.12. The van der Waals surface area contributed by atoms with Crippen molar-refractivity contribution in [3.8, 4) is 17.7 Å². The third kappa shape index (κ3) is 2.62. The Balaban J connectivity index is 2.10. The lowest BCUT2D eigenvalue weighted by Crippen LogP contribution is -2.13. The maximum Gasteiger partial charge on any atom is 0.453 e. The Labute approximate surface area is 134 Å². The van der Waals surface area contributed by atoms with Crippen LogP contribution >= 0.6 is 0 Å². The normalized spacial score (nSPS) is 11.5. The molecule has 1 aromatic carbocycles. The molecule has 0 aliphatic carbocycles. The van der Waals surface area contributed by atoms with Gasteiger partial charge >= 0.3 is 6.18 Å². The Morgan fingerprint density at radius 1 is 1.08 bits per heavy atom. The third-order valence-corrected chi connectivity index (χ3v) is 3.50. The molecular weight excluding hydrogens is 323 g/mol. The second-order valence-electron chi connectivity index (χ2n) is 5.05. The summed E-state index contributed by atoms with van der Waals surface area (Å²) in [6.45, 7) is 3.29. The zero-order valence-electron chi connectivity index (χ0n) is 12.6. The van der Waals surface area contributed by atoms with Crippen molar-refractivity contribution in [1.29, 1.82) is 5.26 Å². The smallest absolute Gasteiger partial charge is 0.437 e. The molecule has 0 atom stereocenters. The van der Waals surface area contributed by atoms with Crippen LogP contribution in [0.4, 0.5) is 13.2 Å². The molecule has 0 unspecified atom stereocenters. The fourth-order valence-corrected chi connectivity index (χ4v) is 2.09. The largest absolute Gasteiger partial charge is 0.453 e. The first-order valence-corrected chi connectivity index (χ1v) is 6.79. The Kier molecular flexibility index (Phi) is 3.60. The molecule has 0 aliphatic rings. The predicted molar refractivity (Wildman–Crippen MR) is 76.5 cm³/mol. The van der Waals surface area contributed by atoms with Gasteiger partial charge in [0, 0.05) is 11.1 Å². The SMILES string of the molecule is Cc1c(Oc2ccc(C#N)cc2)nn2c(C(F)(F)F)nnc2c1C. The molecule has 0 fully saturated rings. The molecule has 2 aromatic heterocycles. The first-order chi connectivity index (χ1) is 11.3. The molecule has 0 N–H and O–H groups in total. The number of hydrogen-bond donors (Lipinski definition) is 0. The molecule has 0 saturated heterocycles. The van der Waals surface area contributed by atoms with Crippen molar-refractivity contribution < 1.29 is 17.9 Å². The monoisotopic (exact) mass is 333 g/mol. The summed E-state index contributed by atoms with van der Waals surface area (Å²) in [4.78, 5) is 0. The molecule has 2 heterocycles. The number of nitrogens with zero attached hydrogens (tertiary/aromatic N) is 5. The summed E-state index contributed by atoms with van der Waals surface area (Å²) in [5, 5.41) is 19.4. The van der Waals surface area contributed by atoms with Crippen LogP contribution in [0.1, 0.15) is 22.5 Å². The molecule has 9 heteroatoms. The average molecular weight is 333 g/mol. The van der Waals surface area contributed by atoms with E-state index in [0.29, 0.717) is 27.0 Å². The number of aromatic nitrogens is 4. The van der Waals surface area contributed by atoms with Gasteiger partial charge in [-0.3, -0.25) is 0 Å². The topological polar surface area (TPSA) is 76.1 Å². The van der Waals surface area contributed by atoms with E-state index < -0.39 is 12.0 Å². The summed E-state index contributed by atoms with van der Waals surface area (Å²) in [7, 11) is 0. The first kappa shape index (κ1) is 15.7. The maximum atomic E-state index is 13.0. The van der Waals surface area contributed by atoms with Crippen LogP contribution in [0, 0.1) is 25.2 Å². The maximum absolute atomic E-state index is 13.0. The lowest BCUT2D eigenvalue weighted by Gasteiger charge is -2.11. The van der Waals surface area contributed by atoms with Crippen LogP contribution in [-0.4, -0.2) is 19.8 Å². The van der Waals surface area contributed by atoms with Crippen LogP contribution < -0.4 is 4.74 Å². The van der Waals surface area contributed by atoms with Gasteiger partial charge in [-0.05, 0) is 38.1 Å². The Morgan fingerprint density at radius 2 is 1.75 bits per heavy atom. The fraction of sp³-hybridized carbons (Fsp3) is 0.200. The minimum atomic E-state index is -4.68. The minimum absolute atomic E-state index is 0.00927. The van der Waals surface area contributed by atoms with Crippen molar-refractivity contribution >= 4 is 5.65 Å². The van der Waals surface area contributed by atoms with E-state index >= 15 is 0 Å². The third-order valence-electron chi connectivity index (χ3n) is 3.50. The van der Waals surface area contributed by atoms with Gasteiger partial charge in [0.2, 0.25) is 5.88 Å². The number of fused-ring (bicyclic) bond motifs is 1. The average Bonchev–Trinajstić information content (AvgIpc) is 2.97. The van der Waals surface area contributed by atoms with Crippen molar-refractivity contribution in [2.45, 2.75) is 20.0 Å². The molecule has 24 heavy (non-hydrogen) atoms. The van der Waals surface area contributed by atoms with Crippen LogP contribution in [-0.2, 0) is 6.18 Å². The molecular formula is C15H10F3N5O. The van der Waals surface area contributed by atoms with Gasteiger partial charge in [-0.2, -0.15) is 22.9 Å². The molecule has 0 spiro atoms. The van der Waals surface area contributed by atoms with Gasteiger partial charge in [-0.25, -0.2) is 0 Å². The predicted octanol–water partition coefficient (Wildman–Crippen LogP) is 3.42. The summed E-state index contributed by atoms with van der Waals surface area (Å²) < 4.78 is 45.2. The molecule has 0 amide bonds. The Bertz CT molecular complexity index is 954. The van der Waals surface area contributed by atoms with Crippen LogP contribution in [0.3, 0.4) is 0 Å². The second-order valence-corrected chi connectivity index (χ2v) is 5.05. The second kappa shape index (κ2) is 5.49. The molecule has 0 saturated carbocycles. The highest BCUT2D eigenvalue weighted by molar-refractivity contribution is 5.53. The fourth-order valence-electron chi connectivity index (χ4n) is 2.09. The van der Waals surface area contributed by atoms with Gasteiger partial charge in [0.25, 0.3) is 5.82 Å². The van der Waals surface area contributed by atoms with Gasteiger partial charge < -0.3 is 4.74 Å². The van der Waals surface area contributed by atoms with Gasteiger partial charge in [-0.15, -0.1) is 15.3 Å². The van der Waals surface area contributed by atoms with Gasteiger partial charge in [-0.1, -0.05) is 0 Å². The lowest BCUT2D eigenvalue weighted by molar-refractivity contribution is -0.146. The molecule has 3 rings (SSSR count). The summed E-state index contributed by atoms with van der Waals surface area (Å²) in [6.07, 6.45) is -4.68. The molecule has 0 radical (unpaired) electrons.